The highest BCUT2D eigenvalue weighted by Crippen LogP contribution is 2.51. The molecule has 0 unspecified atom stereocenters. The molecule has 0 aromatic heterocycles. The van der Waals surface area contributed by atoms with Crippen molar-refractivity contribution < 1.29 is 22.3 Å². The van der Waals surface area contributed by atoms with Crippen molar-refractivity contribution in [1.82, 2.24) is 0 Å². The number of rotatable bonds is 6. The quantitative estimate of drug-likeness (QED) is 0.458. The van der Waals surface area contributed by atoms with Gasteiger partial charge in [0.05, 0.1) is 25.2 Å². The van der Waals surface area contributed by atoms with Gasteiger partial charge < -0.3 is 14.8 Å². The van der Waals surface area contributed by atoms with Gasteiger partial charge in [-0.2, -0.15) is 0 Å². The van der Waals surface area contributed by atoms with E-state index in [1.165, 1.54) is 24.3 Å². The lowest BCUT2D eigenvalue weighted by atomic mass is 9.77. The Bertz CT molecular complexity index is 1360. The molecule has 1 aliphatic heterocycles. The van der Waals surface area contributed by atoms with Crippen LogP contribution in [0, 0.1) is 11.7 Å². The first kappa shape index (κ1) is 22.3. The predicted molar refractivity (Wildman–Crippen MR) is 130 cm³/mol. The molecule has 3 aromatic carbocycles. The van der Waals surface area contributed by atoms with Gasteiger partial charge in [0.15, 0.2) is 0 Å². The van der Waals surface area contributed by atoms with E-state index in [4.69, 9.17) is 9.47 Å². The molecule has 0 fully saturated rings. The van der Waals surface area contributed by atoms with E-state index in [1.54, 1.807) is 32.4 Å². The summed E-state index contributed by atoms with van der Waals surface area (Å²) in [6.45, 7) is 0. The smallest absolute Gasteiger partial charge is 0.261 e. The van der Waals surface area contributed by atoms with Crippen LogP contribution in [-0.4, -0.2) is 22.6 Å². The van der Waals surface area contributed by atoms with Gasteiger partial charge >= 0.3 is 0 Å². The lowest BCUT2D eigenvalue weighted by Crippen LogP contribution is -2.29. The molecule has 2 aliphatic rings. The first-order valence-electron chi connectivity index (χ1n) is 11.0. The van der Waals surface area contributed by atoms with Crippen LogP contribution in [0.4, 0.5) is 15.8 Å². The van der Waals surface area contributed by atoms with Crippen LogP contribution in [0.1, 0.15) is 29.5 Å². The summed E-state index contributed by atoms with van der Waals surface area (Å²) in [5.41, 5.74) is 3.16. The molecule has 0 saturated carbocycles. The summed E-state index contributed by atoms with van der Waals surface area (Å²) in [6, 6.07) is 16.2. The largest absolute Gasteiger partial charge is 0.497 e. The molecule has 8 heteroatoms. The zero-order valence-electron chi connectivity index (χ0n) is 18.8. The summed E-state index contributed by atoms with van der Waals surface area (Å²) >= 11 is 0. The third-order valence-corrected chi connectivity index (χ3v) is 7.90. The molecule has 0 amide bonds. The summed E-state index contributed by atoms with van der Waals surface area (Å²) < 4.78 is 52.8. The van der Waals surface area contributed by atoms with Gasteiger partial charge in [-0.1, -0.05) is 12.2 Å². The van der Waals surface area contributed by atoms with E-state index in [1.807, 2.05) is 18.2 Å². The fourth-order valence-corrected chi connectivity index (χ4v) is 5.95. The molecule has 3 atom stereocenters. The predicted octanol–water partition coefficient (Wildman–Crippen LogP) is 5.47. The Morgan fingerprint density at radius 3 is 2.50 bits per heavy atom. The van der Waals surface area contributed by atoms with Crippen LogP contribution >= 0.6 is 0 Å². The Morgan fingerprint density at radius 1 is 0.971 bits per heavy atom. The number of halogens is 1. The number of benzene rings is 3. The van der Waals surface area contributed by atoms with Gasteiger partial charge in [0.25, 0.3) is 10.0 Å². The first-order valence-corrected chi connectivity index (χ1v) is 12.5. The van der Waals surface area contributed by atoms with Crippen LogP contribution in [0.3, 0.4) is 0 Å². The van der Waals surface area contributed by atoms with Crippen molar-refractivity contribution in [3.05, 3.63) is 89.8 Å². The van der Waals surface area contributed by atoms with Crippen molar-refractivity contribution in [2.75, 3.05) is 24.3 Å². The summed E-state index contributed by atoms with van der Waals surface area (Å²) in [6.07, 6.45) is 5.16. The van der Waals surface area contributed by atoms with Gasteiger partial charge in [-0.15, -0.1) is 0 Å². The van der Waals surface area contributed by atoms with Gasteiger partial charge in [-0.05, 0) is 72.5 Å². The highest BCUT2D eigenvalue weighted by atomic mass is 32.2. The highest BCUT2D eigenvalue weighted by molar-refractivity contribution is 7.92. The topological polar surface area (TPSA) is 76.7 Å². The van der Waals surface area contributed by atoms with Crippen molar-refractivity contribution in [3.63, 3.8) is 0 Å². The minimum Gasteiger partial charge on any atom is -0.497 e. The van der Waals surface area contributed by atoms with Gasteiger partial charge in [-0.25, -0.2) is 12.8 Å². The van der Waals surface area contributed by atoms with Crippen molar-refractivity contribution >= 4 is 21.4 Å². The van der Waals surface area contributed by atoms with Crippen LogP contribution in [-0.2, 0) is 10.0 Å². The highest BCUT2D eigenvalue weighted by Gasteiger charge is 2.39. The Balaban J connectivity index is 1.49. The molecule has 176 valence electrons. The lowest BCUT2D eigenvalue weighted by Gasteiger charge is -2.38. The van der Waals surface area contributed by atoms with E-state index in [2.05, 4.69) is 22.2 Å². The van der Waals surface area contributed by atoms with Crippen LogP contribution in [0.2, 0.25) is 0 Å². The number of hydrogen-bond acceptors (Lipinski definition) is 5. The second-order valence-electron chi connectivity index (χ2n) is 8.44. The van der Waals surface area contributed by atoms with Gasteiger partial charge in [0, 0.05) is 28.9 Å². The number of hydrogen-bond donors (Lipinski definition) is 2. The van der Waals surface area contributed by atoms with Crippen molar-refractivity contribution in [3.8, 4) is 11.5 Å². The molecule has 0 spiro atoms. The second-order valence-corrected chi connectivity index (χ2v) is 10.1. The van der Waals surface area contributed by atoms with Crippen LogP contribution < -0.4 is 19.5 Å². The van der Waals surface area contributed by atoms with E-state index in [-0.39, 0.29) is 22.8 Å². The monoisotopic (exact) mass is 480 g/mol. The van der Waals surface area contributed by atoms with Crippen molar-refractivity contribution in [2.24, 2.45) is 5.92 Å². The number of methoxy groups -OCH3 is 2. The van der Waals surface area contributed by atoms with Crippen LogP contribution in [0.5, 0.6) is 11.5 Å². The third kappa shape index (κ3) is 3.98. The van der Waals surface area contributed by atoms with Crippen LogP contribution in [0.25, 0.3) is 0 Å². The van der Waals surface area contributed by atoms with Gasteiger partial charge in [-0.3, -0.25) is 4.72 Å². The summed E-state index contributed by atoms with van der Waals surface area (Å²) in [5, 5.41) is 3.61. The maximum absolute atomic E-state index is 13.2. The maximum Gasteiger partial charge on any atom is 0.261 e. The Kier molecular flexibility index (Phi) is 5.69. The fourth-order valence-electron chi connectivity index (χ4n) is 4.85. The molecule has 3 aromatic rings. The Morgan fingerprint density at radius 2 is 1.76 bits per heavy atom. The van der Waals surface area contributed by atoms with Gasteiger partial charge in [0.2, 0.25) is 0 Å². The van der Waals surface area contributed by atoms with E-state index < -0.39 is 15.8 Å². The summed E-state index contributed by atoms with van der Waals surface area (Å²) in [4.78, 5) is 0.164. The molecule has 0 radical (unpaired) electrons. The number of nitrogens with one attached hydrogen (secondary N) is 2. The number of allylic oxidation sites excluding steroid dienone is 2. The zero-order chi connectivity index (χ0) is 23.9. The minimum absolute atomic E-state index is 0.00634. The van der Waals surface area contributed by atoms with E-state index in [0.717, 1.165) is 34.7 Å². The Labute approximate surface area is 198 Å². The molecule has 0 saturated heterocycles. The van der Waals surface area contributed by atoms with Crippen molar-refractivity contribution in [2.45, 2.75) is 23.3 Å². The minimum atomic E-state index is -3.83. The molecular formula is C26H25FN2O4S. The molecule has 6 nitrogen and oxygen atoms in total. The van der Waals surface area contributed by atoms with E-state index in [0.29, 0.717) is 5.69 Å². The molecule has 1 aliphatic carbocycles. The molecule has 2 N–H and O–H groups in total. The number of anilines is 2. The van der Waals surface area contributed by atoms with E-state index in [9.17, 15) is 12.8 Å². The zero-order valence-corrected chi connectivity index (χ0v) is 19.6. The molecule has 1 heterocycles. The van der Waals surface area contributed by atoms with E-state index >= 15 is 0 Å². The molecule has 5 rings (SSSR count). The Hall–Kier alpha value is -3.52. The average Bonchev–Trinajstić information content (AvgIpc) is 3.34. The number of ether oxygens (including phenoxy) is 2. The molecule has 34 heavy (non-hydrogen) atoms. The SMILES string of the molecule is COc1ccc([C@H]2Nc3ccc(S(=O)(=O)Nc4ccc(F)cc4)cc3[C@H]3C=CC[C@H]32)c(OC)c1. The van der Waals surface area contributed by atoms with Crippen molar-refractivity contribution in [1.29, 1.82) is 0 Å². The number of sulfonamides is 1. The average molecular weight is 481 g/mol. The standard InChI is InChI=1S/C26H25FN2O4S/c1-32-18-10-12-22(25(14-18)33-2)26-21-5-3-4-20(21)23-15-19(11-13-24(23)28-26)34(30,31)29-17-8-6-16(27)7-9-17/h3-4,6-15,20-21,26,28-29H,5H2,1-2H3/t20-,21+,26-/m0/s1. The van der Waals surface area contributed by atoms with Crippen LogP contribution in [0.15, 0.2) is 77.7 Å². The maximum atomic E-state index is 13.2. The lowest BCUT2D eigenvalue weighted by molar-refractivity contribution is 0.372. The summed E-state index contributed by atoms with van der Waals surface area (Å²) in [7, 11) is -0.565. The molecule has 0 bridgehead atoms. The second kappa shape index (κ2) is 8.68. The fraction of sp³-hybridized carbons (Fsp3) is 0.231. The third-order valence-electron chi connectivity index (χ3n) is 6.52. The number of fused-ring (bicyclic) bond motifs is 3. The molecular weight excluding hydrogens is 455 g/mol. The first-order chi connectivity index (χ1) is 16.4. The normalized spacial score (nSPS) is 20.7. The van der Waals surface area contributed by atoms with Gasteiger partial charge in [0.1, 0.15) is 17.3 Å². The summed E-state index contributed by atoms with van der Waals surface area (Å²) in [5.74, 6) is 1.31.